The van der Waals surface area contributed by atoms with Crippen LogP contribution >= 0.6 is 0 Å². The first-order valence-electron chi connectivity index (χ1n) is 10.9. The predicted octanol–water partition coefficient (Wildman–Crippen LogP) is 3.97. The van der Waals surface area contributed by atoms with E-state index in [0.29, 0.717) is 6.54 Å². The molecular formula is C24H39N3O4. The highest BCUT2D eigenvalue weighted by atomic mass is 16.6. The first-order chi connectivity index (χ1) is 14.2. The molecule has 2 N–H and O–H groups in total. The van der Waals surface area contributed by atoms with Gasteiger partial charge < -0.3 is 20.3 Å². The predicted molar refractivity (Wildman–Crippen MR) is 123 cm³/mol. The molecule has 1 aromatic carbocycles. The van der Waals surface area contributed by atoms with E-state index in [1.165, 1.54) is 4.90 Å². The van der Waals surface area contributed by atoms with Crippen LogP contribution in [-0.2, 0) is 20.7 Å². The van der Waals surface area contributed by atoms with E-state index in [4.69, 9.17) is 4.74 Å². The van der Waals surface area contributed by atoms with Gasteiger partial charge in [-0.1, -0.05) is 31.2 Å². The van der Waals surface area contributed by atoms with Gasteiger partial charge in [0.1, 0.15) is 17.7 Å². The number of hydrogen-bond acceptors (Lipinski definition) is 4. The molecule has 0 aliphatic carbocycles. The number of aryl methyl sites for hydroxylation is 1. The number of amides is 3. The van der Waals surface area contributed by atoms with Gasteiger partial charge in [-0.2, -0.15) is 0 Å². The van der Waals surface area contributed by atoms with Gasteiger partial charge in [0.25, 0.3) is 0 Å². The van der Waals surface area contributed by atoms with Crippen molar-refractivity contribution in [3.8, 4) is 0 Å². The quantitative estimate of drug-likeness (QED) is 0.681. The maximum atomic E-state index is 13.3. The van der Waals surface area contributed by atoms with E-state index < -0.39 is 29.3 Å². The highest BCUT2D eigenvalue weighted by Gasteiger charge is 2.35. The monoisotopic (exact) mass is 433 g/mol. The Hall–Kier alpha value is -2.57. The zero-order valence-electron chi connectivity index (χ0n) is 20.5. The van der Waals surface area contributed by atoms with Crippen molar-refractivity contribution < 1.29 is 19.1 Å². The normalized spacial score (nSPS) is 13.7. The number of benzene rings is 1. The molecule has 0 aliphatic rings. The molecule has 0 aromatic heterocycles. The molecule has 0 heterocycles. The summed E-state index contributed by atoms with van der Waals surface area (Å²) in [7, 11) is 0. The molecule has 3 amide bonds. The van der Waals surface area contributed by atoms with Crippen molar-refractivity contribution in [3.05, 3.63) is 35.4 Å². The second-order valence-corrected chi connectivity index (χ2v) is 9.73. The van der Waals surface area contributed by atoms with Gasteiger partial charge in [0.15, 0.2) is 0 Å². The van der Waals surface area contributed by atoms with Gasteiger partial charge in [-0.05, 0) is 72.9 Å². The highest BCUT2D eigenvalue weighted by Crippen LogP contribution is 2.24. The van der Waals surface area contributed by atoms with E-state index in [-0.39, 0.29) is 11.8 Å². The maximum Gasteiger partial charge on any atom is 0.408 e. The van der Waals surface area contributed by atoms with Gasteiger partial charge in [-0.15, -0.1) is 0 Å². The number of nitrogens with one attached hydrogen (secondary N) is 2. The van der Waals surface area contributed by atoms with Crippen LogP contribution in [0.4, 0.5) is 4.79 Å². The average Bonchev–Trinajstić information content (AvgIpc) is 2.62. The lowest BCUT2D eigenvalue weighted by atomic mass is 9.99. The van der Waals surface area contributed by atoms with Crippen molar-refractivity contribution in [3.63, 3.8) is 0 Å². The number of carbonyl (C=O) groups is 3. The van der Waals surface area contributed by atoms with Gasteiger partial charge in [0.2, 0.25) is 11.8 Å². The Morgan fingerprint density at radius 2 is 1.55 bits per heavy atom. The van der Waals surface area contributed by atoms with Gasteiger partial charge in [0.05, 0.1) is 0 Å². The summed E-state index contributed by atoms with van der Waals surface area (Å²) < 4.78 is 5.26. The lowest BCUT2D eigenvalue weighted by Gasteiger charge is -2.34. The maximum absolute atomic E-state index is 13.3. The summed E-state index contributed by atoms with van der Waals surface area (Å²) in [5, 5.41) is 5.56. The molecule has 7 heteroatoms. The molecule has 7 nitrogen and oxygen atoms in total. The van der Waals surface area contributed by atoms with Crippen molar-refractivity contribution in [2.24, 2.45) is 0 Å². The van der Waals surface area contributed by atoms with E-state index in [1.54, 1.807) is 27.7 Å². The fourth-order valence-electron chi connectivity index (χ4n) is 3.11. The van der Waals surface area contributed by atoms with Crippen LogP contribution in [0.1, 0.15) is 79.5 Å². The summed E-state index contributed by atoms with van der Waals surface area (Å²) >= 11 is 0. The number of likely N-dealkylation sites (N-methyl/N-ethyl adjacent to an activating group) is 1. The molecule has 0 saturated heterocycles. The van der Waals surface area contributed by atoms with Gasteiger partial charge in [0, 0.05) is 12.1 Å². The minimum atomic E-state index is -0.852. The minimum absolute atomic E-state index is 0.267. The summed E-state index contributed by atoms with van der Waals surface area (Å²) in [5.74, 6) is -0.626. The van der Waals surface area contributed by atoms with Crippen LogP contribution in [0.25, 0.3) is 0 Å². The Kier molecular flexibility index (Phi) is 9.09. The molecule has 0 aliphatic heterocycles. The Morgan fingerprint density at radius 3 is 1.97 bits per heavy atom. The molecule has 174 valence electrons. The lowest BCUT2D eigenvalue weighted by molar-refractivity contribution is -0.142. The summed E-state index contributed by atoms with van der Waals surface area (Å²) in [6.07, 6.45) is 0.208. The number of nitrogens with zero attached hydrogens (tertiary/aromatic N) is 1. The Labute approximate surface area is 186 Å². The van der Waals surface area contributed by atoms with Crippen LogP contribution in [0.2, 0.25) is 0 Å². The largest absolute Gasteiger partial charge is 0.444 e. The second-order valence-electron chi connectivity index (χ2n) is 9.73. The van der Waals surface area contributed by atoms with Crippen molar-refractivity contribution >= 4 is 17.9 Å². The Bertz CT molecular complexity index is 761. The van der Waals surface area contributed by atoms with Crippen LogP contribution in [0, 0.1) is 0 Å². The number of alkyl carbamates (subject to hydrolysis) is 1. The first kappa shape index (κ1) is 26.5. The third-order valence-electron chi connectivity index (χ3n) is 4.49. The molecule has 1 aromatic rings. The topological polar surface area (TPSA) is 87.7 Å². The zero-order chi connectivity index (χ0) is 24.0. The minimum Gasteiger partial charge on any atom is -0.444 e. The van der Waals surface area contributed by atoms with E-state index in [2.05, 4.69) is 17.6 Å². The third-order valence-corrected chi connectivity index (χ3v) is 4.49. The third kappa shape index (κ3) is 8.59. The second kappa shape index (κ2) is 10.6. The van der Waals surface area contributed by atoms with E-state index >= 15 is 0 Å². The molecule has 0 spiro atoms. The molecule has 31 heavy (non-hydrogen) atoms. The van der Waals surface area contributed by atoms with Crippen LogP contribution < -0.4 is 10.6 Å². The van der Waals surface area contributed by atoms with Crippen molar-refractivity contribution in [2.75, 3.05) is 6.54 Å². The fraction of sp³-hybridized carbons (Fsp3) is 0.625. The smallest absolute Gasteiger partial charge is 0.408 e. The van der Waals surface area contributed by atoms with E-state index in [1.807, 2.05) is 52.0 Å². The molecule has 1 rings (SSSR count). The number of carbonyl (C=O) groups excluding carboxylic acids is 3. The van der Waals surface area contributed by atoms with Crippen LogP contribution in [0.5, 0.6) is 0 Å². The van der Waals surface area contributed by atoms with Gasteiger partial charge in [-0.3, -0.25) is 9.59 Å². The lowest BCUT2D eigenvalue weighted by Crippen LogP contribution is -2.53. The van der Waals surface area contributed by atoms with Crippen molar-refractivity contribution in [2.45, 2.75) is 92.0 Å². The molecule has 0 bridgehead atoms. The molecule has 2 atom stereocenters. The Balaban J connectivity index is 3.21. The molecule has 0 fully saturated rings. The zero-order valence-corrected chi connectivity index (χ0v) is 20.5. The van der Waals surface area contributed by atoms with Gasteiger partial charge in [-0.25, -0.2) is 4.79 Å². The number of rotatable bonds is 7. The number of hydrogen-bond donors (Lipinski definition) is 2. The molecule has 0 radical (unpaired) electrons. The summed E-state index contributed by atoms with van der Waals surface area (Å²) in [6.45, 7) is 16.7. The first-order valence-corrected chi connectivity index (χ1v) is 10.9. The van der Waals surface area contributed by atoms with Gasteiger partial charge >= 0.3 is 6.09 Å². The van der Waals surface area contributed by atoms with Crippen LogP contribution in [0.15, 0.2) is 24.3 Å². The molecule has 2 unspecified atom stereocenters. The summed E-state index contributed by atoms with van der Waals surface area (Å²) in [6, 6.07) is 6.03. The van der Waals surface area contributed by atoms with Crippen molar-refractivity contribution in [1.29, 1.82) is 0 Å². The van der Waals surface area contributed by atoms with Crippen LogP contribution in [0.3, 0.4) is 0 Å². The van der Waals surface area contributed by atoms with E-state index in [0.717, 1.165) is 17.5 Å². The van der Waals surface area contributed by atoms with Crippen LogP contribution in [-0.4, -0.2) is 46.5 Å². The molecule has 0 saturated carbocycles. The molecular weight excluding hydrogens is 394 g/mol. The average molecular weight is 434 g/mol. The van der Waals surface area contributed by atoms with Crippen molar-refractivity contribution in [1.82, 2.24) is 15.5 Å². The summed E-state index contributed by atoms with van der Waals surface area (Å²) in [5.41, 5.74) is 0.737. The fourth-order valence-corrected chi connectivity index (χ4v) is 3.11. The number of ether oxygens (including phenoxy) is 1. The SMILES string of the molecule is CCc1ccc(C(C(=O)NC(C)(C)C)N(CC)C(=O)C(C)NC(=O)OC(C)(C)C)cc1. The Morgan fingerprint density at radius 1 is 1.00 bits per heavy atom. The van der Waals surface area contributed by atoms with E-state index in [9.17, 15) is 14.4 Å². The summed E-state index contributed by atoms with van der Waals surface area (Å²) in [4.78, 5) is 40.1. The standard InChI is InChI=1S/C24H39N3O4/c1-10-17-12-14-18(15-13-17)19(20(28)26-23(4,5)6)27(11-2)21(29)16(3)25-22(30)31-24(7,8)9/h12-16,19H,10-11H2,1-9H3,(H,25,30)(H,26,28). The highest BCUT2D eigenvalue weighted by molar-refractivity contribution is 5.92.